The molecule has 0 spiro atoms. The Morgan fingerprint density at radius 2 is 1.82 bits per heavy atom. The molecule has 3 aromatic rings. The molecule has 0 aliphatic carbocycles. The Labute approximate surface area is 191 Å². The lowest BCUT2D eigenvalue weighted by Gasteiger charge is -2.22. The first-order chi connectivity index (χ1) is 15.8. The third-order valence-corrected chi connectivity index (χ3v) is 6.70. The summed E-state index contributed by atoms with van der Waals surface area (Å²) in [6.45, 7) is 3.56. The SMILES string of the molecule is CC(C)[C@H](NS(=O)(=O)c1ccc2c(c1)OCCO2)C(=O)OCC(=O)c1c[nH]c2ccccc12. The molecule has 0 amide bonds. The minimum Gasteiger partial charge on any atom is -0.486 e. The van der Waals surface area contributed by atoms with E-state index in [9.17, 15) is 18.0 Å². The molecule has 0 saturated carbocycles. The number of benzene rings is 2. The van der Waals surface area contributed by atoms with Gasteiger partial charge in [-0.15, -0.1) is 0 Å². The highest BCUT2D eigenvalue weighted by molar-refractivity contribution is 7.89. The van der Waals surface area contributed by atoms with Crippen molar-refractivity contribution in [2.24, 2.45) is 5.92 Å². The number of H-pyrrole nitrogens is 1. The van der Waals surface area contributed by atoms with Crippen molar-refractivity contribution in [2.45, 2.75) is 24.8 Å². The van der Waals surface area contributed by atoms with Crippen LogP contribution in [0.1, 0.15) is 24.2 Å². The third-order valence-electron chi connectivity index (χ3n) is 5.26. The summed E-state index contributed by atoms with van der Waals surface area (Å²) in [7, 11) is -4.07. The smallest absolute Gasteiger partial charge is 0.324 e. The maximum atomic E-state index is 12.9. The average Bonchev–Trinajstić information content (AvgIpc) is 3.24. The van der Waals surface area contributed by atoms with Crippen LogP contribution >= 0.6 is 0 Å². The predicted octanol–water partition coefficient (Wildman–Crippen LogP) is 2.67. The van der Waals surface area contributed by atoms with Crippen molar-refractivity contribution in [3.8, 4) is 11.5 Å². The van der Waals surface area contributed by atoms with E-state index in [2.05, 4.69) is 9.71 Å². The number of para-hydroxylation sites is 1. The Morgan fingerprint density at radius 3 is 2.58 bits per heavy atom. The van der Waals surface area contributed by atoms with Crippen LogP contribution in [0, 0.1) is 5.92 Å². The van der Waals surface area contributed by atoms with Gasteiger partial charge in [0.15, 0.2) is 18.1 Å². The van der Waals surface area contributed by atoms with E-state index in [0.717, 1.165) is 10.9 Å². The second-order valence-corrected chi connectivity index (χ2v) is 9.64. The molecule has 10 heteroatoms. The van der Waals surface area contributed by atoms with Gasteiger partial charge in [0, 0.05) is 28.7 Å². The van der Waals surface area contributed by atoms with Crippen LogP contribution in [0.2, 0.25) is 0 Å². The van der Waals surface area contributed by atoms with Crippen LogP contribution in [0.15, 0.2) is 53.6 Å². The van der Waals surface area contributed by atoms with Crippen molar-refractivity contribution >= 4 is 32.7 Å². The summed E-state index contributed by atoms with van der Waals surface area (Å²) in [5, 5.41) is 0.721. The fourth-order valence-corrected chi connectivity index (χ4v) is 4.84. The van der Waals surface area contributed by atoms with Crippen LogP contribution in [-0.4, -0.2) is 51.0 Å². The van der Waals surface area contributed by atoms with Gasteiger partial charge >= 0.3 is 5.97 Å². The standard InChI is InChI=1S/C23H24N2O7S/c1-14(2)22(25-33(28,29)15-7-8-20-21(11-15)31-10-9-30-20)23(27)32-13-19(26)17-12-24-18-6-4-3-5-16(17)18/h3-8,11-12,14,22,24-25H,9-10,13H2,1-2H3/t22-/m0/s1. The van der Waals surface area contributed by atoms with Crippen molar-refractivity contribution in [1.82, 2.24) is 9.71 Å². The Morgan fingerprint density at radius 1 is 1.09 bits per heavy atom. The summed E-state index contributed by atoms with van der Waals surface area (Å²) in [5.74, 6) is -0.877. The van der Waals surface area contributed by atoms with Gasteiger partial charge < -0.3 is 19.2 Å². The Balaban J connectivity index is 1.45. The summed E-state index contributed by atoms with van der Waals surface area (Å²) >= 11 is 0. The molecule has 2 aromatic carbocycles. The van der Waals surface area contributed by atoms with E-state index in [1.54, 1.807) is 32.2 Å². The number of hydrogen-bond donors (Lipinski definition) is 2. The fraction of sp³-hybridized carbons (Fsp3) is 0.304. The topological polar surface area (TPSA) is 124 Å². The van der Waals surface area contributed by atoms with Gasteiger partial charge in [-0.3, -0.25) is 9.59 Å². The molecule has 0 unspecified atom stereocenters. The highest BCUT2D eigenvalue weighted by Gasteiger charge is 2.31. The zero-order valence-electron chi connectivity index (χ0n) is 18.2. The van der Waals surface area contributed by atoms with Crippen LogP contribution in [0.4, 0.5) is 0 Å². The first kappa shape index (κ1) is 22.8. The summed E-state index contributed by atoms with van der Waals surface area (Å²) in [6.07, 6.45) is 1.56. The third kappa shape index (κ3) is 4.86. The largest absolute Gasteiger partial charge is 0.486 e. The molecule has 33 heavy (non-hydrogen) atoms. The number of rotatable bonds is 8. The molecule has 0 saturated heterocycles. The van der Waals surface area contributed by atoms with Crippen LogP contribution in [-0.2, 0) is 19.6 Å². The summed E-state index contributed by atoms with van der Waals surface area (Å²) in [5.41, 5.74) is 1.19. The number of ether oxygens (including phenoxy) is 3. The molecule has 0 fully saturated rings. The maximum Gasteiger partial charge on any atom is 0.324 e. The summed E-state index contributed by atoms with van der Waals surface area (Å²) < 4.78 is 44.3. The van der Waals surface area contributed by atoms with Crippen molar-refractivity contribution in [3.63, 3.8) is 0 Å². The number of carbonyl (C=O) groups is 2. The number of carbonyl (C=O) groups excluding carboxylic acids is 2. The molecule has 174 valence electrons. The van der Waals surface area contributed by atoms with Gasteiger partial charge in [-0.2, -0.15) is 4.72 Å². The number of sulfonamides is 1. The summed E-state index contributed by atoms with van der Waals surface area (Å²) in [4.78, 5) is 28.2. The molecule has 1 atom stereocenters. The van der Waals surface area contributed by atoms with Crippen molar-refractivity contribution in [1.29, 1.82) is 0 Å². The molecule has 0 bridgehead atoms. The zero-order valence-corrected chi connectivity index (χ0v) is 19.0. The Hall–Kier alpha value is -3.37. The first-order valence-corrected chi connectivity index (χ1v) is 11.9. The van der Waals surface area contributed by atoms with Gasteiger partial charge in [0.05, 0.1) is 4.90 Å². The normalized spacial score (nSPS) is 14.3. The molecule has 1 aromatic heterocycles. The van der Waals surface area contributed by atoms with E-state index >= 15 is 0 Å². The zero-order chi connectivity index (χ0) is 23.6. The van der Waals surface area contributed by atoms with Gasteiger partial charge in [0.2, 0.25) is 15.8 Å². The highest BCUT2D eigenvalue weighted by atomic mass is 32.2. The lowest BCUT2D eigenvalue weighted by molar-refractivity contribution is -0.145. The molecule has 4 rings (SSSR count). The second kappa shape index (κ2) is 9.24. The summed E-state index contributed by atoms with van der Waals surface area (Å²) in [6, 6.07) is 10.3. The van der Waals surface area contributed by atoms with Crippen LogP contribution in [0.5, 0.6) is 11.5 Å². The molecule has 2 heterocycles. The minimum atomic E-state index is -4.07. The van der Waals surface area contributed by atoms with Crippen LogP contribution in [0.3, 0.4) is 0 Å². The van der Waals surface area contributed by atoms with E-state index in [0.29, 0.717) is 30.3 Å². The van der Waals surface area contributed by atoms with Crippen molar-refractivity contribution < 1.29 is 32.2 Å². The molecular weight excluding hydrogens is 448 g/mol. The Kier molecular flexibility index (Phi) is 6.39. The number of hydrogen-bond acceptors (Lipinski definition) is 7. The number of aromatic nitrogens is 1. The number of ketones is 1. The lowest BCUT2D eigenvalue weighted by atomic mass is 10.1. The van der Waals surface area contributed by atoms with Crippen LogP contribution in [0.25, 0.3) is 10.9 Å². The fourth-order valence-electron chi connectivity index (χ4n) is 3.49. The number of esters is 1. The average molecular weight is 473 g/mol. The Bertz CT molecular complexity index is 1300. The quantitative estimate of drug-likeness (QED) is 0.382. The lowest BCUT2D eigenvalue weighted by Crippen LogP contribution is -2.45. The molecule has 9 nitrogen and oxygen atoms in total. The first-order valence-electron chi connectivity index (χ1n) is 10.4. The highest BCUT2D eigenvalue weighted by Crippen LogP contribution is 2.32. The van der Waals surface area contributed by atoms with E-state index in [1.165, 1.54) is 18.2 Å². The van der Waals surface area contributed by atoms with Gasteiger partial charge in [0.25, 0.3) is 0 Å². The molecule has 0 radical (unpaired) electrons. The predicted molar refractivity (Wildman–Crippen MR) is 120 cm³/mol. The van der Waals surface area contributed by atoms with Gasteiger partial charge in [-0.25, -0.2) is 8.42 Å². The maximum absolute atomic E-state index is 12.9. The van der Waals surface area contributed by atoms with E-state index in [-0.39, 0.29) is 4.90 Å². The molecular formula is C23H24N2O7S. The number of nitrogens with one attached hydrogen (secondary N) is 2. The number of aromatic amines is 1. The van der Waals surface area contributed by atoms with Crippen molar-refractivity contribution in [3.05, 3.63) is 54.2 Å². The van der Waals surface area contributed by atoms with E-state index in [1.807, 2.05) is 12.1 Å². The monoisotopic (exact) mass is 472 g/mol. The molecule has 2 N–H and O–H groups in total. The molecule has 1 aliphatic heterocycles. The van der Waals surface area contributed by atoms with Crippen molar-refractivity contribution in [2.75, 3.05) is 19.8 Å². The minimum absolute atomic E-state index is 0.0694. The van der Waals surface area contributed by atoms with Gasteiger partial charge in [-0.1, -0.05) is 32.0 Å². The van der Waals surface area contributed by atoms with Gasteiger partial charge in [-0.05, 0) is 24.1 Å². The van der Waals surface area contributed by atoms with Gasteiger partial charge in [0.1, 0.15) is 19.3 Å². The molecule has 1 aliphatic rings. The van der Waals surface area contributed by atoms with E-state index < -0.39 is 40.3 Å². The number of fused-ring (bicyclic) bond motifs is 2. The van der Waals surface area contributed by atoms with E-state index in [4.69, 9.17) is 14.2 Å². The second-order valence-electron chi connectivity index (χ2n) is 7.93. The van der Waals surface area contributed by atoms with Crippen LogP contribution < -0.4 is 14.2 Å². The number of Topliss-reactive ketones (excluding diaryl/α,β-unsaturated/α-hetero) is 1.